The molecule has 1 aromatic rings. The molecule has 0 bridgehead atoms. The largest absolute Gasteiger partial charge is 0.351 e. The number of hydrazine groups is 1. The minimum absolute atomic E-state index is 0.0712. The standard InChI is InChI=1S/C20H29N5O2/c21-20(27)25-10-4-7-17(25)19(26)24-11-8-15(9-12-24)18-16(13-22-23-18)14-5-2-1-3-6-14/h1-3,5-6,15-18,22-23H,4,7-13H2,(H2,21,27). The molecule has 7 heteroatoms. The monoisotopic (exact) mass is 371 g/mol. The van der Waals surface area contributed by atoms with E-state index in [1.165, 1.54) is 10.5 Å². The third-order valence-corrected chi connectivity index (χ3v) is 6.43. The number of hydrogen-bond donors (Lipinski definition) is 3. The molecule has 4 rings (SSSR count). The number of piperidine rings is 1. The van der Waals surface area contributed by atoms with Crippen LogP contribution in [0.3, 0.4) is 0 Å². The highest BCUT2D eigenvalue weighted by atomic mass is 16.2. The van der Waals surface area contributed by atoms with Gasteiger partial charge in [-0.15, -0.1) is 0 Å². The molecule has 146 valence electrons. The molecule has 3 aliphatic heterocycles. The Labute approximate surface area is 160 Å². The highest BCUT2D eigenvalue weighted by molar-refractivity contribution is 5.87. The van der Waals surface area contributed by atoms with Gasteiger partial charge in [0, 0.05) is 38.1 Å². The maximum Gasteiger partial charge on any atom is 0.315 e. The first kappa shape index (κ1) is 18.3. The molecule has 3 saturated heterocycles. The van der Waals surface area contributed by atoms with Gasteiger partial charge in [0.1, 0.15) is 6.04 Å². The van der Waals surface area contributed by atoms with Crippen molar-refractivity contribution in [1.29, 1.82) is 0 Å². The molecule has 0 saturated carbocycles. The second kappa shape index (κ2) is 7.86. The third-order valence-electron chi connectivity index (χ3n) is 6.43. The predicted octanol–water partition coefficient (Wildman–Crippen LogP) is 1.03. The van der Waals surface area contributed by atoms with Crippen molar-refractivity contribution in [2.75, 3.05) is 26.2 Å². The zero-order chi connectivity index (χ0) is 18.8. The summed E-state index contributed by atoms with van der Waals surface area (Å²) >= 11 is 0. The van der Waals surface area contributed by atoms with E-state index in [0.717, 1.165) is 45.3 Å². The molecular formula is C20H29N5O2. The number of likely N-dealkylation sites (tertiary alicyclic amines) is 2. The molecule has 7 nitrogen and oxygen atoms in total. The number of nitrogens with one attached hydrogen (secondary N) is 2. The van der Waals surface area contributed by atoms with Gasteiger partial charge in [0.2, 0.25) is 5.91 Å². The van der Waals surface area contributed by atoms with Gasteiger partial charge in [-0.3, -0.25) is 15.6 Å². The van der Waals surface area contributed by atoms with Crippen molar-refractivity contribution in [1.82, 2.24) is 20.7 Å². The number of benzene rings is 1. The Bertz CT molecular complexity index is 674. The Balaban J connectivity index is 1.36. The smallest absolute Gasteiger partial charge is 0.315 e. The van der Waals surface area contributed by atoms with Gasteiger partial charge in [0.05, 0.1) is 0 Å². The fourth-order valence-corrected chi connectivity index (χ4v) is 4.96. The number of carbonyl (C=O) groups is 2. The lowest BCUT2D eigenvalue weighted by molar-refractivity contribution is -0.136. The average molecular weight is 371 g/mol. The maximum absolute atomic E-state index is 12.9. The van der Waals surface area contributed by atoms with Crippen molar-refractivity contribution >= 4 is 11.9 Å². The lowest BCUT2D eigenvalue weighted by Crippen LogP contribution is -2.52. The molecule has 4 N–H and O–H groups in total. The Morgan fingerprint density at radius 3 is 2.48 bits per heavy atom. The Morgan fingerprint density at radius 1 is 1.04 bits per heavy atom. The zero-order valence-corrected chi connectivity index (χ0v) is 15.6. The van der Waals surface area contributed by atoms with Gasteiger partial charge < -0.3 is 15.5 Å². The summed E-state index contributed by atoms with van der Waals surface area (Å²) in [4.78, 5) is 27.9. The first-order valence-corrected chi connectivity index (χ1v) is 10.0. The molecule has 0 spiro atoms. The van der Waals surface area contributed by atoms with Crippen LogP contribution in [-0.2, 0) is 4.79 Å². The molecule has 3 aliphatic rings. The van der Waals surface area contributed by atoms with Gasteiger partial charge in [0.15, 0.2) is 0 Å². The number of amides is 3. The van der Waals surface area contributed by atoms with Crippen molar-refractivity contribution in [3.63, 3.8) is 0 Å². The van der Waals surface area contributed by atoms with E-state index in [1.807, 2.05) is 4.90 Å². The topological polar surface area (TPSA) is 90.7 Å². The summed E-state index contributed by atoms with van der Waals surface area (Å²) in [6, 6.07) is 10.2. The van der Waals surface area contributed by atoms with Crippen LogP contribution in [0.5, 0.6) is 0 Å². The molecule has 3 unspecified atom stereocenters. The van der Waals surface area contributed by atoms with E-state index in [2.05, 4.69) is 41.2 Å². The van der Waals surface area contributed by atoms with Crippen LogP contribution < -0.4 is 16.6 Å². The quantitative estimate of drug-likeness (QED) is 0.740. The van der Waals surface area contributed by atoms with Gasteiger partial charge >= 0.3 is 6.03 Å². The summed E-state index contributed by atoms with van der Waals surface area (Å²) in [5, 5.41) is 0. The van der Waals surface area contributed by atoms with Crippen molar-refractivity contribution in [3.05, 3.63) is 35.9 Å². The molecule has 0 radical (unpaired) electrons. The van der Waals surface area contributed by atoms with Gasteiger partial charge in [-0.1, -0.05) is 30.3 Å². The van der Waals surface area contributed by atoms with Crippen molar-refractivity contribution in [2.45, 2.75) is 43.7 Å². The average Bonchev–Trinajstić information content (AvgIpc) is 3.38. The van der Waals surface area contributed by atoms with E-state index in [4.69, 9.17) is 5.73 Å². The van der Waals surface area contributed by atoms with Crippen LogP contribution in [0.1, 0.15) is 37.2 Å². The van der Waals surface area contributed by atoms with E-state index < -0.39 is 6.03 Å². The van der Waals surface area contributed by atoms with E-state index in [-0.39, 0.29) is 11.9 Å². The third kappa shape index (κ3) is 3.66. The Morgan fingerprint density at radius 2 is 1.78 bits per heavy atom. The van der Waals surface area contributed by atoms with E-state index >= 15 is 0 Å². The van der Waals surface area contributed by atoms with Gasteiger partial charge in [0.25, 0.3) is 0 Å². The number of rotatable bonds is 3. The lowest BCUT2D eigenvalue weighted by atomic mass is 9.80. The first-order valence-electron chi connectivity index (χ1n) is 10.0. The molecule has 3 fully saturated rings. The Kier molecular flexibility index (Phi) is 5.31. The van der Waals surface area contributed by atoms with Crippen molar-refractivity contribution < 1.29 is 9.59 Å². The second-order valence-corrected chi connectivity index (χ2v) is 7.92. The van der Waals surface area contributed by atoms with E-state index in [9.17, 15) is 9.59 Å². The van der Waals surface area contributed by atoms with Crippen LogP contribution in [0.15, 0.2) is 30.3 Å². The lowest BCUT2D eigenvalue weighted by Gasteiger charge is -2.38. The molecule has 0 aliphatic carbocycles. The summed E-state index contributed by atoms with van der Waals surface area (Å²) in [6.45, 7) is 3.04. The minimum atomic E-state index is -0.479. The van der Waals surface area contributed by atoms with Crippen LogP contribution in [0.4, 0.5) is 4.79 Å². The van der Waals surface area contributed by atoms with Crippen LogP contribution in [0, 0.1) is 5.92 Å². The summed E-state index contributed by atoms with van der Waals surface area (Å²) in [6.07, 6.45) is 3.55. The van der Waals surface area contributed by atoms with Crippen molar-refractivity contribution in [3.8, 4) is 0 Å². The number of nitrogens with two attached hydrogens (primary N) is 1. The first-order chi connectivity index (χ1) is 13.1. The molecule has 1 aromatic carbocycles. The SMILES string of the molecule is NC(=O)N1CCCC1C(=O)N1CCC(C2NNCC2c2ccccc2)CC1. The fourth-order valence-electron chi connectivity index (χ4n) is 4.96. The summed E-state index contributed by atoms with van der Waals surface area (Å²) in [7, 11) is 0. The van der Waals surface area contributed by atoms with E-state index in [0.29, 0.717) is 24.4 Å². The molecular weight excluding hydrogens is 342 g/mol. The molecule has 0 aromatic heterocycles. The van der Waals surface area contributed by atoms with Crippen LogP contribution in [0.2, 0.25) is 0 Å². The zero-order valence-electron chi connectivity index (χ0n) is 15.6. The number of primary amides is 1. The summed E-state index contributed by atoms with van der Waals surface area (Å²) < 4.78 is 0. The second-order valence-electron chi connectivity index (χ2n) is 7.92. The normalized spacial score (nSPS) is 29.3. The van der Waals surface area contributed by atoms with Crippen LogP contribution in [-0.4, -0.2) is 60.0 Å². The van der Waals surface area contributed by atoms with Gasteiger partial charge in [-0.25, -0.2) is 4.79 Å². The fraction of sp³-hybridized carbons (Fsp3) is 0.600. The summed E-state index contributed by atoms with van der Waals surface area (Å²) in [5.74, 6) is 1.06. The van der Waals surface area contributed by atoms with E-state index in [1.54, 1.807) is 0 Å². The minimum Gasteiger partial charge on any atom is -0.351 e. The number of carbonyl (C=O) groups excluding carboxylic acids is 2. The molecule has 27 heavy (non-hydrogen) atoms. The summed E-state index contributed by atoms with van der Waals surface area (Å²) in [5.41, 5.74) is 13.6. The van der Waals surface area contributed by atoms with Crippen molar-refractivity contribution in [2.24, 2.45) is 11.7 Å². The number of urea groups is 1. The van der Waals surface area contributed by atoms with Gasteiger partial charge in [-0.05, 0) is 37.2 Å². The van der Waals surface area contributed by atoms with Gasteiger partial charge in [-0.2, -0.15) is 0 Å². The van der Waals surface area contributed by atoms with Crippen LogP contribution >= 0.6 is 0 Å². The highest BCUT2D eigenvalue weighted by Gasteiger charge is 2.40. The highest BCUT2D eigenvalue weighted by Crippen LogP contribution is 2.33. The molecule has 3 atom stereocenters. The molecule has 3 amide bonds. The van der Waals surface area contributed by atoms with Crippen LogP contribution in [0.25, 0.3) is 0 Å². The molecule has 3 heterocycles. The Hall–Kier alpha value is -2.12. The number of nitrogens with zero attached hydrogens (tertiary/aromatic N) is 2. The predicted molar refractivity (Wildman–Crippen MR) is 103 cm³/mol. The number of hydrogen-bond acceptors (Lipinski definition) is 4. The maximum atomic E-state index is 12.9.